The minimum absolute atomic E-state index is 0.906. The van der Waals surface area contributed by atoms with Gasteiger partial charge in [0.25, 0.3) is 0 Å². The van der Waals surface area contributed by atoms with Gasteiger partial charge in [0.05, 0.1) is 0 Å². The summed E-state index contributed by atoms with van der Waals surface area (Å²) < 4.78 is 31.8. The van der Waals surface area contributed by atoms with Gasteiger partial charge >= 0.3 is 5.25 Å². The van der Waals surface area contributed by atoms with Crippen LogP contribution in [-0.2, 0) is 0 Å². The lowest BCUT2D eigenvalue weighted by atomic mass is 10.8. The molecule has 0 spiro atoms. The summed E-state index contributed by atoms with van der Waals surface area (Å²) in [4.78, 5) is 0. The molecular weight excluding hydrogens is 126 g/mol. The first-order chi connectivity index (χ1) is 3.12. The van der Waals surface area contributed by atoms with Crippen molar-refractivity contribution < 1.29 is 18.4 Å². The summed E-state index contributed by atoms with van der Waals surface area (Å²) in [6.07, 6.45) is 0. The number of aliphatic hydroxyl groups excluding tert-OH is 1. The third-order valence-corrected chi connectivity index (χ3v) is 0.679. The molecule has 0 saturated carbocycles. The molecule has 0 rings (SSSR count). The van der Waals surface area contributed by atoms with Crippen molar-refractivity contribution in [3.8, 4) is 0 Å². The summed E-state index contributed by atoms with van der Waals surface area (Å²) in [5.41, 5.74) is 0. The van der Waals surface area contributed by atoms with E-state index in [2.05, 4.69) is 0 Å². The number of halogens is 2. The van der Waals surface area contributed by atoms with Gasteiger partial charge in [-0.2, -0.15) is 20.8 Å². The number of alkyl halides is 2. The summed E-state index contributed by atoms with van der Waals surface area (Å²) in [6.45, 7) is -1.39. The number of hydrogen-bond acceptors (Lipinski definition) is 3. The van der Waals surface area contributed by atoms with Crippen LogP contribution in [-0.4, -0.2) is 21.5 Å². The number of aliphatic hydroxyl groups is 1. The smallest absolute Gasteiger partial charge is 0.303 e. The summed E-state index contributed by atoms with van der Waals surface area (Å²) in [5, 5.41) is 4.12. The molecule has 0 unspecified atom stereocenters. The average molecular weight is 129 g/mol. The summed E-state index contributed by atoms with van der Waals surface area (Å²) in [5.74, 6) is 0. The zero-order valence-corrected chi connectivity index (χ0v) is 4.04. The van der Waals surface area contributed by atoms with Crippen molar-refractivity contribution in [1.82, 2.24) is 0 Å². The van der Waals surface area contributed by atoms with Crippen LogP contribution >= 0.6 is 12.0 Å². The third-order valence-electron chi connectivity index (χ3n) is 0.306. The second-order valence-electron chi connectivity index (χ2n) is 0.879. The molecule has 0 bridgehead atoms. The largest absolute Gasteiger partial charge is 0.795 e. The fraction of sp³-hybridized carbons (Fsp3) is 1.00. The predicted octanol–water partition coefficient (Wildman–Crippen LogP) is 0.435. The zero-order chi connectivity index (χ0) is 5.91. The quantitative estimate of drug-likeness (QED) is 0.550. The van der Waals surface area contributed by atoms with E-state index in [1.165, 1.54) is 0 Å². The van der Waals surface area contributed by atoms with E-state index in [1.807, 2.05) is 0 Å². The SMILES string of the molecule is [O-]SC(F)(F)CO. The highest BCUT2D eigenvalue weighted by Gasteiger charge is 2.21. The topological polar surface area (TPSA) is 43.3 Å². The van der Waals surface area contributed by atoms with Crippen molar-refractivity contribution in [2.24, 2.45) is 0 Å². The minimum Gasteiger partial charge on any atom is -0.795 e. The van der Waals surface area contributed by atoms with Crippen LogP contribution in [0.2, 0.25) is 0 Å². The Morgan fingerprint density at radius 3 is 2.14 bits per heavy atom. The van der Waals surface area contributed by atoms with Crippen molar-refractivity contribution in [2.75, 3.05) is 6.61 Å². The molecule has 0 aromatic rings. The fourth-order valence-corrected chi connectivity index (χ4v) is 0.0791. The lowest BCUT2D eigenvalue weighted by molar-refractivity contribution is 0.0312. The van der Waals surface area contributed by atoms with Crippen molar-refractivity contribution in [1.29, 1.82) is 0 Å². The average Bonchev–Trinajstić information content (AvgIpc) is 1.68. The molecule has 5 heteroatoms. The van der Waals surface area contributed by atoms with Crippen LogP contribution in [0.15, 0.2) is 0 Å². The Hall–Kier alpha value is 0.130. The van der Waals surface area contributed by atoms with Crippen LogP contribution in [0, 0.1) is 0 Å². The zero-order valence-electron chi connectivity index (χ0n) is 3.23. The van der Waals surface area contributed by atoms with Gasteiger partial charge in [-0.1, -0.05) is 0 Å². The van der Waals surface area contributed by atoms with Gasteiger partial charge in [0.2, 0.25) is 0 Å². The van der Waals surface area contributed by atoms with Gasteiger partial charge in [0, 0.05) is 0 Å². The van der Waals surface area contributed by atoms with Crippen molar-refractivity contribution in [3.05, 3.63) is 0 Å². The highest BCUT2D eigenvalue weighted by molar-refractivity contribution is 7.94. The highest BCUT2D eigenvalue weighted by Crippen LogP contribution is 2.23. The third kappa shape index (κ3) is 2.78. The molecule has 0 aliphatic heterocycles. The maximum atomic E-state index is 11.3. The molecule has 0 aromatic carbocycles. The van der Waals surface area contributed by atoms with E-state index in [0.717, 1.165) is 0 Å². The molecule has 7 heavy (non-hydrogen) atoms. The van der Waals surface area contributed by atoms with Gasteiger partial charge in [-0.05, 0) is 0 Å². The maximum Gasteiger partial charge on any atom is 0.303 e. The number of rotatable bonds is 2. The van der Waals surface area contributed by atoms with Crippen LogP contribution in [0.5, 0.6) is 0 Å². The molecule has 0 atom stereocenters. The minimum atomic E-state index is -3.50. The Morgan fingerprint density at radius 1 is 1.71 bits per heavy atom. The molecule has 0 aliphatic carbocycles. The van der Waals surface area contributed by atoms with Crippen LogP contribution in [0.3, 0.4) is 0 Å². The first-order valence-corrected chi connectivity index (χ1v) is 2.16. The molecule has 0 aromatic heterocycles. The number of hydrogen-bond donors (Lipinski definition) is 1. The Kier molecular flexibility index (Phi) is 2.49. The van der Waals surface area contributed by atoms with Gasteiger partial charge in [-0.25, -0.2) is 0 Å². The first kappa shape index (κ1) is 7.13. The lowest BCUT2D eigenvalue weighted by Crippen LogP contribution is -2.14. The Morgan fingerprint density at radius 2 is 2.14 bits per heavy atom. The first-order valence-electron chi connectivity index (χ1n) is 1.42. The van der Waals surface area contributed by atoms with Crippen molar-refractivity contribution in [2.45, 2.75) is 5.25 Å². The maximum absolute atomic E-state index is 11.3. The van der Waals surface area contributed by atoms with E-state index >= 15 is 0 Å². The lowest BCUT2D eigenvalue weighted by Gasteiger charge is -2.14. The molecule has 0 radical (unpaired) electrons. The van der Waals surface area contributed by atoms with E-state index in [4.69, 9.17) is 5.11 Å². The predicted molar refractivity (Wildman–Crippen MR) is 20.4 cm³/mol. The molecule has 0 saturated heterocycles. The van der Waals surface area contributed by atoms with E-state index in [0.29, 0.717) is 0 Å². The second-order valence-corrected chi connectivity index (χ2v) is 1.64. The monoisotopic (exact) mass is 129 g/mol. The summed E-state index contributed by atoms with van der Waals surface area (Å²) >= 11 is -0.906. The fourth-order valence-electron chi connectivity index (χ4n) is 0.0264. The van der Waals surface area contributed by atoms with Gasteiger partial charge in [0.15, 0.2) is 0 Å². The normalized spacial score (nSPS) is 12.0. The van der Waals surface area contributed by atoms with Gasteiger partial charge in [-0.3, -0.25) is 0 Å². The molecule has 1 N–H and O–H groups in total. The van der Waals surface area contributed by atoms with Crippen molar-refractivity contribution in [3.63, 3.8) is 0 Å². The summed E-state index contributed by atoms with van der Waals surface area (Å²) in [7, 11) is 0. The molecule has 0 heterocycles. The van der Waals surface area contributed by atoms with E-state index < -0.39 is 23.9 Å². The van der Waals surface area contributed by atoms with E-state index in [-0.39, 0.29) is 0 Å². The van der Waals surface area contributed by atoms with Crippen LogP contribution < -0.4 is 0 Å². The van der Waals surface area contributed by atoms with E-state index in [1.54, 1.807) is 0 Å². The molecular formula is C2H3F2O2S-. The van der Waals surface area contributed by atoms with Crippen LogP contribution in [0.1, 0.15) is 0 Å². The highest BCUT2D eigenvalue weighted by atomic mass is 32.2. The van der Waals surface area contributed by atoms with Crippen molar-refractivity contribution >= 4 is 12.0 Å². The molecule has 0 amide bonds. The second kappa shape index (κ2) is 2.44. The Bertz CT molecular complexity index is 51.7. The van der Waals surface area contributed by atoms with Gasteiger partial charge < -0.3 is 9.66 Å². The Labute approximate surface area is 43.4 Å². The molecule has 2 nitrogen and oxygen atoms in total. The van der Waals surface area contributed by atoms with Crippen LogP contribution in [0.25, 0.3) is 0 Å². The molecule has 0 aliphatic rings. The van der Waals surface area contributed by atoms with Gasteiger partial charge in [0.1, 0.15) is 6.61 Å². The Balaban J connectivity index is 3.36. The van der Waals surface area contributed by atoms with E-state index in [9.17, 15) is 13.3 Å². The molecule has 44 valence electrons. The molecule has 0 fully saturated rings. The summed E-state index contributed by atoms with van der Waals surface area (Å²) in [6, 6.07) is 0. The standard InChI is InChI=1S/C2H4F2O2S/c3-2(4,1-5)7-6/h5-6H,1H2/p-1. The van der Waals surface area contributed by atoms with Gasteiger partial charge in [-0.15, -0.1) is 0 Å². The van der Waals surface area contributed by atoms with Crippen LogP contribution in [0.4, 0.5) is 8.78 Å².